The quantitative estimate of drug-likeness (QED) is 0.656. The van der Waals surface area contributed by atoms with Gasteiger partial charge in [-0.15, -0.1) is 0 Å². The molecule has 0 bridgehead atoms. The molecule has 1 fully saturated rings. The summed E-state index contributed by atoms with van der Waals surface area (Å²) in [7, 11) is 1.67. The van der Waals surface area contributed by atoms with Crippen molar-refractivity contribution in [3.05, 3.63) is 59.7 Å². The van der Waals surface area contributed by atoms with E-state index in [1.165, 1.54) is 5.56 Å². The predicted octanol–water partition coefficient (Wildman–Crippen LogP) is 3.02. The standard InChI is InChI=1S/C24H31N3O4/c1-18(2)31-24(29)20-6-8-21(9-7-20)25-23(28)17-27-14-12-26(13-15-27)16-19-4-10-22(30-3)11-5-19/h4-11,18H,12-17H2,1-3H3,(H,25,28). The molecular weight excluding hydrogens is 394 g/mol. The number of anilines is 1. The van der Waals surface area contributed by atoms with Gasteiger partial charge in [0, 0.05) is 38.4 Å². The van der Waals surface area contributed by atoms with E-state index in [9.17, 15) is 9.59 Å². The molecule has 7 heteroatoms. The number of hydrogen-bond donors (Lipinski definition) is 1. The van der Waals surface area contributed by atoms with Crippen LogP contribution in [0.3, 0.4) is 0 Å². The minimum atomic E-state index is -0.361. The average molecular weight is 426 g/mol. The van der Waals surface area contributed by atoms with Crippen molar-refractivity contribution >= 4 is 17.6 Å². The fraction of sp³-hybridized carbons (Fsp3) is 0.417. The lowest BCUT2D eigenvalue weighted by Gasteiger charge is -2.34. The molecule has 31 heavy (non-hydrogen) atoms. The third-order valence-electron chi connectivity index (χ3n) is 5.14. The number of amides is 1. The number of rotatable bonds is 8. The number of esters is 1. The molecule has 0 aliphatic carbocycles. The molecule has 0 spiro atoms. The Balaban J connectivity index is 1.41. The fourth-order valence-electron chi connectivity index (χ4n) is 3.47. The van der Waals surface area contributed by atoms with Crippen LogP contribution in [0.5, 0.6) is 5.75 Å². The smallest absolute Gasteiger partial charge is 0.338 e. The first-order chi connectivity index (χ1) is 14.9. The molecule has 1 aliphatic heterocycles. The molecule has 0 aromatic heterocycles. The molecule has 1 saturated heterocycles. The number of ether oxygens (including phenoxy) is 2. The van der Waals surface area contributed by atoms with Crippen molar-refractivity contribution in [2.45, 2.75) is 26.5 Å². The summed E-state index contributed by atoms with van der Waals surface area (Å²) >= 11 is 0. The summed E-state index contributed by atoms with van der Waals surface area (Å²) in [5.41, 5.74) is 2.40. The number of benzene rings is 2. The minimum Gasteiger partial charge on any atom is -0.497 e. The van der Waals surface area contributed by atoms with Crippen LogP contribution in [0.25, 0.3) is 0 Å². The van der Waals surface area contributed by atoms with Crippen molar-refractivity contribution < 1.29 is 19.1 Å². The second kappa shape index (κ2) is 10.9. The van der Waals surface area contributed by atoms with Gasteiger partial charge in [0.1, 0.15) is 5.75 Å². The molecular formula is C24H31N3O4. The van der Waals surface area contributed by atoms with Gasteiger partial charge >= 0.3 is 5.97 Å². The zero-order chi connectivity index (χ0) is 22.2. The first-order valence-corrected chi connectivity index (χ1v) is 10.6. The molecule has 0 radical (unpaired) electrons. The predicted molar refractivity (Wildman–Crippen MR) is 120 cm³/mol. The Morgan fingerprint density at radius 1 is 0.935 bits per heavy atom. The van der Waals surface area contributed by atoms with E-state index in [0.29, 0.717) is 17.8 Å². The van der Waals surface area contributed by atoms with Crippen LogP contribution in [0.15, 0.2) is 48.5 Å². The summed E-state index contributed by atoms with van der Waals surface area (Å²) in [6.45, 7) is 8.42. The highest BCUT2D eigenvalue weighted by molar-refractivity contribution is 5.94. The molecule has 0 unspecified atom stereocenters. The van der Waals surface area contributed by atoms with Crippen LogP contribution in [0.2, 0.25) is 0 Å². The van der Waals surface area contributed by atoms with E-state index in [0.717, 1.165) is 38.5 Å². The lowest BCUT2D eigenvalue weighted by atomic mass is 10.2. The summed E-state index contributed by atoms with van der Waals surface area (Å²) in [5.74, 6) is 0.450. The van der Waals surface area contributed by atoms with E-state index >= 15 is 0 Å². The Hall–Kier alpha value is -2.90. The third kappa shape index (κ3) is 7.08. The van der Waals surface area contributed by atoms with Crippen molar-refractivity contribution in [2.24, 2.45) is 0 Å². The van der Waals surface area contributed by atoms with E-state index in [2.05, 4.69) is 27.2 Å². The minimum absolute atomic E-state index is 0.0545. The van der Waals surface area contributed by atoms with Gasteiger partial charge in [0.25, 0.3) is 0 Å². The van der Waals surface area contributed by atoms with Gasteiger partial charge in [-0.3, -0.25) is 14.6 Å². The van der Waals surface area contributed by atoms with Gasteiger partial charge in [-0.25, -0.2) is 4.79 Å². The molecule has 2 aromatic rings. The molecule has 0 atom stereocenters. The number of hydrogen-bond acceptors (Lipinski definition) is 6. The van der Waals surface area contributed by atoms with Crippen LogP contribution in [-0.4, -0.2) is 67.6 Å². The molecule has 166 valence electrons. The Bertz CT molecular complexity index is 857. The molecule has 3 rings (SSSR count). The highest BCUT2D eigenvalue weighted by Crippen LogP contribution is 2.15. The van der Waals surface area contributed by atoms with E-state index in [4.69, 9.17) is 9.47 Å². The van der Waals surface area contributed by atoms with Gasteiger partial charge in [-0.1, -0.05) is 12.1 Å². The number of carbonyl (C=O) groups is 2. The van der Waals surface area contributed by atoms with Crippen molar-refractivity contribution in [1.29, 1.82) is 0 Å². The SMILES string of the molecule is COc1ccc(CN2CCN(CC(=O)Nc3ccc(C(=O)OC(C)C)cc3)CC2)cc1. The molecule has 0 saturated carbocycles. The number of carbonyl (C=O) groups excluding carboxylic acids is 2. The maximum absolute atomic E-state index is 12.4. The first kappa shape index (κ1) is 22.8. The summed E-state index contributed by atoms with van der Waals surface area (Å²) < 4.78 is 10.4. The lowest BCUT2D eigenvalue weighted by Crippen LogP contribution is -2.48. The number of methoxy groups -OCH3 is 1. The largest absolute Gasteiger partial charge is 0.497 e. The molecule has 1 amide bonds. The molecule has 1 N–H and O–H groups in total. The van der Waals surface area contributed by atoms with Crippen LogP contribution in [0.1, 0.15) is 29.8 Å². The zero-order valence-corrected chi connectivity index (χ0v) is 18.5. The molecule has 1 heterocycles. The highest BCUT2D eigenvalue weighted by atomic mass is 16.5. The van der Waals surface area contributed by atoms with Gasteiger partial charge in [0.2, 0.25) is 5.91 Å². The van der Waals surface area contributed by atoms with Gasteiger partial charge < -0.3 is 14.8 Å². The Morgan fingerprint density at radius 3 is 2.13 bits per heavy atom. The van der Waals surface area contributed by atoms with Crippen molar-refractivity contribution in [2.75, 3.05) is 45.2 Å². The van der Waals surface area contributed by atoms with Gasteiger partial charge in [-0.05, 0) is 55.8 Å². The summed E-state index contributed by atoms with van der Waals surface area (Å²) in [5, 5.41) is 2.90. The van der Waals surface area contributed by atoms with Crippen LogP contribution in [0, 0.1) is 0 Å². The number of nitrogens with one attached hydrogen (secondary N) is 1. The number of piperazine rings is 1. The zero-order valence-electron chi connectivity index (χ0n) is 18.5. The summed E-state index contributed by atoms with van der Waals surface area (Å²) in [6, 6.07) is 14.9. The van der Waals surface area contributed by atoms with Crippen molar-refractivity contribution in [1.82, 2.24) is 9.80 Å². The van der Waals surface area contributed by atoms with E-state index in [-0.39, 0.29) is 18.0 Å². The van der Waals surface area contributed by atoms with Crippen molar-refractivity contribution in [3.8, 4) is 5.75 Å². The third-order valence-corrected chi connectivity index (χ3v) is 5.14. The van der Waals surface area contributed by atoms with Crippen molar-refractivity contribution in [3.63, 3.8) is 0 Å². The van der Waals surface area contributed by atoms with Crippen LogP contribution in [0.4, 0.5) is 5.69 Å². The average Bonchev–Trinajstić information content (AvgIpc) is 2.75. The topological polar surface area (TPSA) is 71.1 Å². The monoisotopic (exact) mass is 425 g/mol. The number of nitrogens with zero attached hydrogens (tertiary/aromatic N) is 2. The van der Waals surface area contributed by atoms with E-state index in [1.807, 2.05) is 26.0 Å². The van der Waals surface area contributed by atoms with Gasteiger partial charge in [-0.2, -0.15) is 0 Å². The highest BCUT2D eigenvalue weighted by Gasteiger charge is 2.19. The second-order valence-electron chi connectivity index (χ2n) is 7.98. The Morgan fingerprint density at radius 2 is 1.55 bits per heavy atom. The Labute approximate surface area is 183 Å². The Kier molecular flexibility index (Phi) is 8.03. The fourth-order valence-corrected chi connectivity index (χ4v) is 3.47. The summed E-state index contributed by atoms with van der Waals surface area (Å²) in [4.78, 5) is 28.9. The lowest BCUT2D eigenvalue weighted by molar-refractivity contribution is -0.117. The first-order valence-electron chi connectivity index (χ1n) is 10.6. The van der Waals surface area contributed by atoms with Gasteiger partial charge in [0.15, 0.2) is 0 Å². The molecule has 2 aromatic carbocycles. The normalized spacial score (nSPS) is 15.0. The maximum Gasteiger partial charge on any atom is 0.338 e. The van der Waals surface area contributed by atoms with Gasteiger partial charge in [0.05, 0.1) is 25.3 Å². The van der Waals surface area contributed by atoms with Crippen LogP contribution >= 0.6 is 0 Å². The molecule has 7 nitrogen and oxygen atoms in total. The van der Waals surface area contributed by atoms with Crippen LogP contribution in [-0.2, 0) is 16.1 Å². The van der Waals surface area contributed by atoms with E-state index < -0.39 is 0 Å². The molecule has 1 aliphatic rings. The maximum atomic E-state index is 12.4. The van der Waals surface area contributed by atoms with E-state index in [1.54, 1.807) is 31.4 Å². The second-order valence-corrected chi connectivity index (χ2v) is 7.98. The summed E-state index contributed by atoms with van der Waals surface area (Å²) in [6.07, 6.45) is -0.163. The van der Waals surface area contributed by atoms with Crippen LogP contribution < -0.4 is 10.1 Å².